The Morgan fingerprint density at radius 1 is 1.20 bits per heavy atom. The minimum atomic E-state index is -0.409. The van der Waals surface area contributed by atoms with Gasteiger partial charge in [-0.3, -0.25) is 4.90 Å². The summed E-state index contributed by atoms with van der Waals surface area (Å²) in [6, 6.07) is 8.84. The van der Waals surface area contributed by atoms with E-state index >= 15 is 0 Å². The van der Waals surface area contributed by atoms with Crippen LogP contribution in [0.1, 0.15) is 25.0 Å². The Bertz CT molecular complexity index is 444. The largest absolute Gasteiger partial charge is 0.389 e. The lowest BCUT2D eigenvalue weighted by Crippen LogP contribution is -2.44. The monoisotopic (exact) mass is 276 g/mol. The molecule has 2 saturated heterocycles. The van der Waals surface area contributed by atoms with Gasteiger partial charge in [-0.15, -0.1) is 0 Å². The molecule has 0 radical (unpaired) electrons. The van der Waals surface area contributed by atoms with Gasteiger partial charge >= 0.3 is 0 Å². The van der Waals surface area contributed by atoms with Crippen LogP contribution in [0.4, 0.5) is 5.69 Å². The van der Waals surface area contributed by atoms with Gasteiger partial charge in [-0.05, 0) is 19.4 Å². The van der Waals surface area contributed by atoms with Crippen LogP contribution in [0.3, 0.4) is 0 Å². The molecule has 110 valence electrons. The number of hydrogen-bond acceptors (Lipinski definition) is 4. The Labute approximate surface area is 120 Å². The van der Waals surface area contributed by atoms with Crippen LogP contribution < -0.4 is 4.90 Å². The molecule has 20 heavy (non-hydrogen) atoms. The molecule has 2 aliphatic rings. The summed E-state index contributed by atoms with van der Waals surface area (Å²) < 4.78 is 5.43. The third-order valence-corrected chi connectivity index (χ3v) is 4.45. The van der Waals surface area contributed by atoms with Crippen LogP contribution in [-0.4, -0.2) is 55.4 Å². The highest BCUT2D eigenvalue weighted by Gasteiger charge is 2.29. The molecule has 0 aromatic heterocycles. The van der Waals surface area contributed by atoms with Crippen molar-refractivity contribution in [3.63, 3.8) is 0 Å². The van der Waals surface area contributed by atoms with Crippen molar-refractivity contribution < 1.29 is 9.84 Å². The number of rotatable bonds is 3. The summed E-state index contributed by atoms with van der Waals surface area (Å²) in [5, 5.41) is 9.93. The molecule has 4 nitrogen and oxygen atoms in total. The quantitative estimate of drug-likeness (QED) is 0.910. The number of ether oxygens (including phenoxy) is 1. The highest BCUT2D eigenvalue weighted by molar-refractivity contribution is 5.55. The van der Waals surface area contributed by atoms with Gasteiger partial charge in [-0.25, -0.2) is 0 Å². The van der Waals surface area contributed by atoms with Crippen LogP contribution in [-0.2, 0) is 4.74 Å². The van der Waals surface area contributed by atoms with Gasteiger partial charge in [0.2, 0.25) is 0 Å². The first-order valence-electron chi connectivity index (χ1n) is 7.59. The predicted octanol–water partition coefficient (Wildman–Crippen LogP) is 1.65. The number of para-hydroxylation sites is 1. The van der Waals surface area contributed by atoms with Crippen molar-refractivity contribution in [3.05, 3.63) is 29.8 Å². The summed E-state index contributed by atoms with van der Waals surface area (Å²) in [4.78, 5) is 4.97. The lowest BCUT2D eigenvalue weighted by molar-refractivity contribution is 0.0209. The van der Waals surface area contributed by atoms with Gasteiger partial charge in [0.25, 0.3) is 0 Å². The molecule has 0 amide bonds. The molecule has 2 aliphatic heterocycles. The van der Waals surface area contributed by atoms with Crippen molar-refractivity contribution in [2.75, 3.05) is 44.3 Å². The maximum atomic E-state index is 9.93. The summed E-state index contributed by atoms with van der Waals surface area (Å²) in [5.41, 5.74) is 2.23. The zero-order chi connectivity index (χ0) is 13.9. The Morgan fingerprint density at radius 3 is 2.70 bits per heavy atom. The maximum absolute atomic E-state index is 9.93. The number of morpholine rings is 1. The van der Waals surface area contributed by atoms with E-state index in [9.17, 15) is 5.11 Å². The summed E-state index contributed by atoms with van der Waals surface area (Å²) in [5.74, 6) is 0. The highest BCUT2D eigenvalue weighted by Crippen LogP contribution is 2.30. The molecule has 1 aromatic carbocycles. The van der Waals surface area contributed by atoms with Crippen LogP contribution in [0, 0.1) is 0 Å². The zero-order valence-corrected chi connectivity index (χ0v) is 12.2. The molecular weight excluding hydrogens is 252 g/mol. The number of hydrogen-bond donors (Lipinski definition) is 1. The summed E-state index contributed by atoms with van der Waals surface area (Å²) >= 11 is 0. The first-order chi connectivity index (χ1) is 9.75. The van der Waals surface area contributed by atoms with Gasteiger partial charge in [0, 0.05) is 43.5 Å². The Morgan fingerprint density at radius 2 is 1.95 bits per heavy atom. The van der Waals surface area contributed by atoms with E-state index in [1.165, 1.54) is 12.1 Å². The standard InChI is InChI=1S/C16H24N2O2/c1-13(19)15-4-2-3-5-16(15)18-7-6-14(12-18)17-8-10-20-11-9-17/h2-5,13-14,19H,6-12H2,1H3. The summed E-state index contributed by atoms with van der Waals surface area (Å²) in [6.07, 6.45) is 0.794. The van der Waals surface area contributed by atoms with E-state index in [0.29, 0.717) is 6.04 Å². The van der Waals surface area contributed by atoms with Crippen LogP contribution in [0.25, 0.3) is 0 Å². The van der Waals surface area contributed by atoms with Gasteiger partial charge in [-0.2, -0.15) is 0 Å². The van der Waals surface area contributed by atoms with E-state index in [1.807, 2.05) is 19.1 Å². The molecule has 0 bridgehead atoms. The predicted molar refractivity (Wildman–Crippen MR) is 80.1 cm³/mol. The van der Waals surface area contributed by atoms with Crippen LogP contribution in [0.2, 0.25) is 0 Å². The Balaban J connectivity index is 1.70. The molecule has 4 heteroatoms. The SMILES string of the molecule is CC(O)c1ccccc1N1CCC(N2CCOCC2)C1. The molecule has 0 saturated carbocycles. The van der Waals surface area contributed by atoms with Gasteiger partial charge in [0.15, 0.2) is 0 Å². The first kappa shape index (κ1) is 13.9. The smallest absolute Gasteiger partial charge is 0.0781 e. The van der Waals surface area contributed by atoms with Crippen molar-refractivity contribution in [1.82, 2.24) is 4.90 Å². The summed E-state index contributed by atoms with van der Waals surface area (Å²) in [7, 11) is 0. The van der Waals surface area contributed by atoms with Crippen LogP contribution >= 0.6 is 0 Å². The lowest BCUT2D eigenvalue weighted by atomic mass is 10.1. The third kappa shape index (κ3) is 2.82. The maximum Gasteiger partial charge on any atom is 0.0781 e. The second-order valence-electron chi connectivity index (χ2n) is 5.77. The van der Waals surface area contributed by atoms with E-state index in [2.05, 4.69) is 21.9 Å². The second-order valence-corrected chi connectivity index (χ2v) is 5.77. The van der Waals surface area contributed by atoms with Gasteiger partial charge in [-0.1, -0.05) is 18.2 Å². The average Bonchev–Trinajstić information content (AvgIpc) is 2.98. The van der Waals surface area contributed by atoms with E-state index < -0.39 is 6.10 Å². The molecule has 1 aromatic rings. The molecule has 0 spiro atoms. The normalized spacial score (nSPS) is 25.9. The first-order valence-corrected chi connectivity index (χ1v) is 7.59. The molecule has 2 fully saturated rings. The highest BCUT2D eigenvalue weighted by atomic mass is 16.5. The van der Waals surface area contributed by atoms with Crippen molar-refractivity contribution in [1.29, 1.82) is 0 Å². The van der Waals surface area contributed by atoms with Crippen molar-refractivity contribution in [3.8, 4) is 0 Å². The third-order valence-electron chi connectivity index (χ3n) is 4.45. The second kappa shape index (κ2) is 6.12. The van der Waals surface area contributed by atoms with Gasteiger partial charge in [0.05, 0.1) is 19.3 Å². The minimum absolute atomic E-state index is 0.409. The Hall–Kier alpha value is -1.10. The minimum Gasteiger partial charge on any atom is -0.389 e. The fourth-order valence-corrected chi connectivity index (χ4v) is 3.33. The molecule has 3 rings (SSSR count). The molecule has 0 aliphatic carbocycles. The molecular formula is C16H24N2O2. The summed E-state index contributed by atoms with van der Waals surface area (Å²) in [6.45, 7) is 7.80. The van der Waals surface area contributed by atoms with E-state index in [-0.39, 0.29) is 0 Å². The van der Waals surface area contributed by atoms with Crippen molar-refractivity contribution in [2.45, 2.75) is 25.5 Å². The topological polar surface area (TPSA) is 35.9 Å². The number of benzene rings is 1. The van der Waals surface area contributed by atoms with E-state index in [1.54, 1.807) is 0 Å². The number of aliphatic hydroxyl groups is 1. The van der Waals surface area contributed by atoms with Crippen molar-refractivity contribution in [2.24, 2.45) is 0 Å². The fraction of sp³-hybridized carbons (Fsp3) is 0.625. The molecule has 1 N–H and O–H groups in total. The van der Waals surface area contributed by atoms with E-state index in [0.717, 1.165) is 45.0 Å². The fourth-order valence-electron chi connectivity index (χ4n) is 3.33. The lowest BCUT2D eigenvalue weighted by Gasteiger charge is -2.32. The molecule has 2 heterocycles. The number of anilines is 1. The zero-order valence-electron chi connectivity index (χ0n) is 12.2. The average molecular weight is 276 g/mol. The van der Waals surface area contributed by atoms with Crippen LogP contribution in [0.15, 0.2) is 24.3 Å². The van der Waals surface area contributed by atoms with Gasteiger partial charge < -0.3 is 14.7 Å². The van der Waals surface area contributed by atoms with Gasteiger partial charge in [0.1, 0.15) is 0 Å². The van der Waals surface area contributed by atoms with Crippen LogP contribution in [0.5, 0.6) is 0 Å². The van der Waals surface area contributed by atoms with E-state index in [4.69, 9.17) is 4.74 Å². The number of nitrogens with zero attached hydrogens (tertiary/aromatic N) is 2. The molecule has 2 unspecified atom stereocenters. The number of aliphatic hydroxyl groups excluding tert-OH is 1. The Kier molecular flexibility index (Phi) is 4.24. The van der Waals surface area contributed by atoms with Crippen molar-refractivity contribution >= 4 is 5.69 Å². The molecule has 2 atom stereocenters.